The van der Waals surface area contributed by atoms with Gasteiger partial charge in [0.25, 0.3) is 0 Å². The van der Waals surface area contributed by atoms with E-state index in [9.17, 15) is 0 Å². The molecule has 0 amide bonds. The van der Waals surface area contributed by atoms with Crippen LogP contribution >= 0.6 is 0 Å². The van der Waals surface area contributed by atoms with Gasteiger partial charge in [0, 0.05) is 6.07 Å². The molecule has 12 heavy (non-hydrogen) atoms. The van der Waals surface area contributed by atoms with Crippen LogP contribution in [0.5, 0.6) is 0 Å². The highest BCUT2D eigenvalue weighted by molar-refractivity contribution is 5.44. The molecule has 0 aliphatic carbocycles. The molecule has 2 heterocycles. The van der Waals surface area contributed by atoms with Gasteiger partial charge in [-0.3, -0.25) is 0 Å². The first kappa shape index (κ1) is 7.05. The summed E-state index contributed by atoms with van der Waals surface area (Å²) in [6, 6.07) is 1.63. The fourth-order valence-electron chi connectivity index (χ4n) is 0.820. The number of oxazole rings is 1. The fraction of sp³-hybridized carbons (Fsp3) is 0.143. The quantitative estimate of drug-likeness (QED) is 0.715. The maximum atomic E-state index is 8.68. The Labute approximate surface area is 67.6 Å². The third-order valence-corrected chi connectivity index (χ3v) is 1.37. The molecule has 0 aliphatic rings. The smallest absolute Gasteiger partial charge is 0.248 e. The van der Waals surface area contributed by atoms with Crippen LogP contribution < -0.4 is 0 Å². The first-order chi connectivity index (χ1) is 5.90. The largest absolute Gasteiger partial charge is 0.443 e. The summed E-state index contributed by atoms with van der Waals surface area (Å²) in [5.41, 5.74) is 1.00. The van der Waals surface area contributed by atoms with Gasteiger partial charge < -0.3 is 14.0 Å². The zero-order valence-electron chi connectivity index (χ0n) is 6.10. The van der Waals surface area contributed by atoms with Crippen LogP contribution in [0.1, 0.15) is 5.69 Å². The molecule has 62 valence electrons. The molecule has 0 saturated carbocycles. The Hall–Kier alpha value is -1.62. The molecule has 0 saturated heterocycles. The van der Waals surface area contributed by atoms with Crippen molar-refractivity contribution in [2.45, 2.75) is 6.61 Å². The van der Waals surface area contributed by atoms with Crippen molar-refractivity contribution in [3.05, 3.63) is 24.3 Å². The summed E-state index contributed by atoms with van der Waals surface area (Å²) in [5, 5.41) is 12.3. The monoisotopic (exact) mass is 166 g/mol. The normalized spacial score (nSPS) is 10.4. The number of hydrogen-bond acceptors (Lipinski definition) is 5. The van der Waals surface area contributed by atoms with E-state index in [-0.39, 0.29) is 6.61 Å². The summed E-state index contributed by atoms with van der Waals surface area (Å²) in [7, 11) is 0. The van der Waals surface area contributed by atoms with Gasteiger partial charge in [-0.15, -0.1) is 0 Å². The topological polar surface area (TPSA) is 72.3 Å². The number of aromatic nitrogens is 2. The van der Waals surface area contributed by atoms with E-state index in [0.29, 0.717) is 17.3 Å². The Morgan fingerprint density at radius 2 is 2.42 bits per heavy atom. The number of hydrogen-bond donors (Lipinski definition) is 1. The molecule has 2 aromatic rings. The first-order valence-electron chi connectivity index (χ1n) is 3.36. The lowest BCUT2D eigenvalue weighted by Crippen LogP contribution is -1.82. The Kier molecular flexibility index (Phi) is 1.64. The number of aliphatic hydroxyl groups excluding tert-OH is 1. The highest BCUT2D eigenvalue weighted by Gasteiger charge is 2.07. The Morgan fingerprint density at radius 1 is 1.50 bits per heavy atom. The van der Waals surface area contributed by atoms with E-state index < -0.39 is 0 Å². The molecule has 5 nitrogen and oxygen atoms in total. The molecule has 0 fully saturated rings. The van der Waals surface area contributed by atoms with Gasteiger partial charge in [0.15, 0.2) is 5.69 Å². The molecule has 0 atom stereocenters. The van der Waals surface area contributed by atoms with E-state index in [1.807, 2.05) is 0 Å². The van der Waals surface area contributed by atoms with Crippen LogP contribution in [0.15, 0.2) is 27.5 Å². The summed E-state index contributed by atoms with van der Waals surface area (Å²) in [6.07, 6.45) is 2.81. The minimum absolute atomic E-state index is 0.138. The van der Waals surface area contributed by atoms with Crippen LogP contribution in [0.4, 0.5) is 0 Å². The molecule has 0 spiro atoms. The van der Waals surface area contributed by atoms with E-state index in [2.05, 4.69) is 14.7 Å². The average Bonchev–Trinajstić information content (AvgIpc) is 2.75. The first-order valence-corrected chi connectivity index (χ1v) is 3.36. The molecule has 5 heteroatoms. The SMILES string of the molecule is OCc1coc(-c2ccon2)n1. The van der Waals surface area contributed by atoms with Crippen molar-refractivity contribution in [2.75, 3.05) is 0 Å². The van der Waals surface area contributed by atoms with Gasteiger partial charge in [-0.25, -0.2) is 4.98 Å². The van der Waals surface area contributed by atoms with Gasteiger partial charge in [0.1, 0.15) is 18.2 Å². The average molecular weight is 166 g/mol. The fourth-order valence-corrected chi connectivity index (χ4v) is 0.820. The second kappa shape index (κ2) is 2.78. The van der Waals surface area contributed by atoms with E-state index in [4.69, 9.17) is 9.52 Å². The van der Waals surface area contributed by atoms with Gasteiger partial charge in [-0.05, 0) is 0 Å². The van der Waals surface area contributed by atoms with Crippen molar-refractivity contribution < 1.29 is 14.0 Å². The van der Waals surface area contributed by atoms with Crippen molar-refractivity contribution in [3.8, 4) is 11.6 Å². The molecular weight excluding hydrogens is 160 g/mol. The van der Waals surface area contributed by atoms with Gasteiger partial charge in [-0.1, -0.05) is 5.16 Å². The van der Waals surface area contributed by atoms with E-state index >= 15 is 0 Å². The maximum absolute atomic E-state index is 8.68. The van der Waals surface area contributed by atoms with Crippen molar-refractivity contribution in [1.82, 2.24) is 10.1 Å². The second-order valence-corrected chi connectivity index (χ2v) is 2.19. The minimum atomic E-state index is -0.138. The summed E-state index contributed by atoms with van der Waals surface area (Å²) in [6.45, 7) is -0.138. The van der Waals surface area contributed by atoms with Crippen LogP contribution in [-0.2, 0) is 6.61 Å². The van der Waals surface area contributed by atoms with Gasteiger partial charge >= 0.3 is 0 Å². The highest BCUT2D eigenvalue weighted by Crippen LogP contribution is 2.15. The number of rotatable bonds is 2. The third kappa shape index (κ3) is 1.10. The molecular formula is C7H6N2O3. The lowest BCUT2D eigenvalue weighted by molar-refractivity contribution is 0.276. The maximum Gasteiger partial charge on any atom is 0.248 e. The Bertz CT molecular complexity index is 352. The number of aliphatic hydroxyl groups is 1. The molecule has 0 unspecified atom stereocenters. The van der Waals surface area contributed by atoms with Gasteiger partial charge in [-0.2, -0.15) is 0 Å². The Balaban J connectivity index is 2.35. The standard InChI is InChI=1S/C7H6N2O3/c10-3-5-4-11-7(8-5)6-1-2-12-9-6/h1-2,4,10H,3H2. The van der Waals surface area contributed by atoms with Crippen LogP contribution in [0, 0.1) is 0 Å². The van der Waals surface area contributed by atoms with Gasteiger partial charge in [0.2, 0.25) is 5.89 Å². The van der Waals surface area contributed by atoms with Crippen LogP contribution in [0.2, 0.25) is 0 Å². The van der Waals surface area contributed by atoms with Crippen molar-refractivity contribution in [2.24, 2.45) is 0 Å². The second-order valence-electron chi connectivity index (χ2n) is 2.19. The van der Waals surface area contributed by atoms with Gasteiger partial charge in [0.05, 0.1) is 6.61 Å². The highest BCUT2D eigenvalue weighted by atomic mass is 16.5. The van der Waals surface area contributed by atoms with Crippen LogP contribution in [0.3, 0.4) is 0 Å². The molecule has 1 N–H and O–H groups in total. The molecule has 2 rings (SSSR count). The zero-order chi connectivity index (χ0) is 8.39. The van der Waals surface area contributed by atoms with E-state index in [1.54, 1.807) is 6.07 Å². The molecule has 0 bridgehead atoms. The Morgan fingerprint density at radius 3 is 3.00 bits per heavy atom. The minimum Gasteiger partial charge on any atom is -0.443 e. The summed E-state index contributed by atoms with van der Waals surface area (Å²) < 4.78 is 9.61. The molecule has 0 radical (unpaired) electrons. The molecule has 2 aromatic heterocycles. The van der Waals surface area contributed by atoms with Crippen LogP contribution in [0.25, 0.3) is 11.6 Å². The van der Waals surface area contributed by atoms with Crippen molar-refractivity contribution in [3.63, 3.8) is 0 Å². The third-order valence-electron chi connectivity index (χ3n) is 1.37. The summed E-state index contributed by atoms with van der Waals surface area (Å²) >= 11 is 0. The lowest BCUT2D eigenvalue weighted by Gasteiger charge is -1.82. The van der Waals surface area contributed by atoms with E-state index in [0.717, 1.165) is 0 Å². The van der Waals surface area contributed by atoms with Crippen molar-refractivity contribution in [1.29, 1.82) is 0 Å². The summed E-state index contributed by atoms with van der Waals surface area (Å²) in [5.74, 6) is 0.354. The van der Waals surface area contributed by atoms with Crippen molar-refractivity contribution >= 4 is 0 Å². The summed E-state index contributed by atoms with van der Waals surface area (Å²) in [4.78, 5) is 3.93. The number of nitrogens with zero attached hydrogens (tertiary/aromatic N) is 2. The zero-order valence-corrected chi connectivity index (χ0v) is 6.10. The predicted octanol–water partition coefficient (Wildman–Crippen LogP) is 0.822. The predicted molar refractivity (Wildman–Crippen MR) is 37.9 cm³/mol. The van der Waals surface area contributed by atoms with E-state index in [1.165, 1.54) is 12.5 Å². The molecule has 0 aromatic carbocycles. The lowest BCUT2D eigenvalue weighted by atomic mass is 10.4. The van der Waals surface area contributed by atoms with Crippen LogP contribution in [-0.4, -0.2) is 15.2 Å². The molecule has 0 aliphatic heterocycles.